The molecule has 6 nitrogen and oxygen atoms in total. The maximum atomic E-state index is 13.6. The predicted octanol–water partition coefficient (Wildman–Crippen LogP) is 5.18. The molecule has 4 rings (SSSR count). The number of anilines is 1. The summed E-state index contributed by atoms with van der Waals surface area (Å²) in [5.74, 6) is 0.971. The van der Waals surface area contributed by atoms with Gasteiger partial charge in [-0.15, -0.1) is 0 Å². The Balaban J connectivity index is 2.00. The molecule has 0 saturated heterocycles. The normalized spacial score (nSPS) is 20.2. The van der Waals surface area contributed by atoms with Crippen molar-refractivity contribution in [2.45, 2.75) is 39.5 Å². The summed E-state index contributed by atoms with van der Waals surface area (Å²) >= 11 is 3.41. The number of ketones is 1. The Labute approximate surface area is 196 Å². The molecule has 0 bridgehead atoms. The number of hydrogen-bond acceptors (Lipinski definition) is 6. The minimum absolute atomic E-state index is 0.0231. The highest BCUT2D eigenvalue weighted by Crippen LogP contribution is 2.51. The molecule has 1 aliphatic heterocycles. The Morgan fingerprint density at radius 2 is 2.03 bits per heavy atom. The molecule has 2 aromatic rings. The number of carbonyl (C=O) groups is 1. The molecule has 1 aromatic carbocycles. The molecule has 0 amide bonds. The fourth-order valence-electron chi connectivity index (χ4n) is 4.59. The van der Waals surface area contributed by atoms with Gasteiger partial charge in [-0.2, -0.15) is 5.26 Å². The van der Waals surface area contributed by atoms with Gasteiger partial charge < -0.3 is 10.5 Å². The lowest BCUT2D eigenvalue weighted by molar-refractivity contribution is -0.118. The molecule has 1 unspecified atom stereocenters. The number of hydrogen-bond donors (Lipinski definition) is 1. The lowest BCUT2D eigenvalue weighted by Gasteiger charge is -2.43. The Morgan fingerprint density at radius 1 is 1.28 bits per heavy atom. The van der Waals surface area contributed by atoms with Gasteiger partial charge in [0.2, 0.25) is 0 Å². The molecule has 2 N–H and O–H groups in total. The van der Waals surface area contributed by atoms with Crippen molar-refractivity contribution in [3.63, 3.8) is 0 Å². The van der Waals surface area contributed by atoms with Crippen LogP contribution in [0.5, 0.6) is 5.75 Å². The van der Waals surface area contributed by atoms with Gasteiger partial charge in [-0.05, 0) is 52.9 Å². The first-order valence-corrected chi connectivity index (χ1v) is 11.4. The first kappa shape index (κ1) is 22.1. The molecule has 164 valence electrons. The van der Waals surface area contributed by atoms with Crippen LogP contribution in [0.1, 0.15) is 45.1 Å². The van der Waals surface area contributed by atoms with Crippen LogP contribution in [0.25, 0.3) is 0 Å². The third-order valence-corrected chi connectivity index (χ3v) is 6.32. The first-order chi connectivity index (χ1) is 15.3. The van der Waals surface area contributed by atoms with Gasteiger partial charge in [0, 0.05) is 33.9 Å². The number of ether oxygens (including phenoxy) is 1. The number of nitrogens with two attached hydrogens (primary N) is 1. The largest absolute Gasteiger partial charge is 0.494 e. The summed E-state index contributed by atoms with van der Waals surface area (Å²) in [4.78, 5) is 19.9. The van der Waals surface area contributed by atoms with Gasteiger partial charge in [-0.25, -0.2) is 4.98 Å². The van der Waals surface area contributed by atoms with Gasteiger partial charge in [-0.1, -0.05) is 32.0 Å². The van der Waals surface area contributed by atoms with Crippen LogP contribution in [0, 0.1) is 16.7 Å². The van der Waals surface area contributed by atoms with Crippen LogP contribution in [-0.2, 0) is 4.79 Å². The van der Waals surface area contributed by atoms with Gasteiger partial charge in [0.15, 0.2) is 5.78 Å². The SMILES string of the molecule is CCOc1ccccc1C1C(C#N)=C(N)N(c2ccc(Br)cn2)C2=C1C(=O)CC(C)(C)C2. The summed E-state index contributed by atoms with van der Waals surface area (Å²) in [6.45, 7) is 6.54. The van der Waals surface area contributed by atoms with E-state index < -0.39 is 5.92 Å². The molecule has 0 spiro atoms. The van der Waals surface area contributed by atoms with Crippen LogP contribution in [0.4, 0.5) is 5.82 Å². The van der Waals surface area contributed by atoms with E-state index in [9.17, 15) is 10.1 Å². The van der Waals surface area contributed by atoms with Crippen LogP contribution < -0.4 is 15.4 Å². The zero-order chi connectivity index (χ0) is 23.0. The number of Topliss-reactive ketones (excluding diaryl/α,β-unsaturated/α-hetero) is 1. The lowest BCUT2D eigenvalue weighted by Crippen LogP contribution is -2.42. The van der Waals surface area contributed by atoms with Crippen molar-refractivity contribution < 1.29 is 9.53 Å². The van der Waals surface area contributed by atoms with Crippen molar-refractivity contribution in [1.29, 1.82) is 5.26 Å². The number of benzene rings is 1. The standard InChI is InChI=1S/C25H25BrN4O2/c1-4-32-20-8-6-5-7-16(20)22-17(13-27)24(28)30(21-10-9-15(26)14-29-21)18-11-25(2,3)12-19(31)23(18)22/h5-10,14,22H,4,11-12,28H2,1-3H3. The highest BCUT2D eigenvalue weighted by molar-refractivity contribution is 9.10. The molecule has 1 aliphatic carbocycles. The molecule has 32 heavy (non-hydrogen) atoms. The number of allylic oxidation sites excluding steroid dienone is 3. The van der Waals surface area contributed by atoms with Gasteiger partial charge in [0.25, 0.3) is 0 Å². The van der Waals surface area contributed by atoms with Crippen molar-refractivity contribution in [3.8, 4) is 11.8 Å². The highest BCUT2D eigenvalue weighted by Gasteiger charge is 2.45. The summed E-state index contributed by atoms with van der Waals surface area (Å²) in [7, 11) is 0. The van der Waals surface area contributed by atoms with Crippen LogP contribution >= 0.6 is 15.9 Å². The zero-order valence-electron chi connectivity index (χ0n) is 18.4. The van der Waals surface area contributed by atoms with E-state index in [2.05, 4.69) is 40.8 Å². The summed E-state index contributed by atoms with van der Waals surface area (Å²) < 4.78 is 6.69. The Morgan fingerprint density at radius 3 is 2.69 bits per heavy atom. The molecular formula is C25H25BrN4O2. The van der Waals surface area contributed by atoms with Crippen molar-refractivity contribution in [2.24, 2.45) is 11.1 Å². The second-order valence-electron chi connectivity index (χ2n) is 8.79. The maximum absolute atomic E-state index is 13.6. The third-order valence-electron chi connectivity index (χ3n) is 5.85. The number of aromatic nitrogens is 1. The van der Waals surface area contributed by atoms with E-state index in [4.69, 9.17) is 10.5 Å². The van der Waals surface area contributed by atoms with Crippen LogP contribution in [0.3, 0.4) is 0 Å². The van der Waals surface area contributed by atoms with Gasteiger partial charge in [0.1, 0.15) is 17.4 Å². The van der Waals surface area contributed by atoms with E-state index >= 15 is 0 Å². The van der Waals surface area contributed by atoms with Crippen LogP contribution in [-0.4, -0.2) is 17.4 Å². The van der Waals surface area contributed by atoms with Crippen LogP contribution in [0.15, 0.2) is 69.7 Å². The second-order valence-corrected chi connectivity index (χ2v) is 9.70. The van der Waals surface area contributed by atoms with Crippen molar-refractivity contribution in [3.05, 3.63) is 75.3 Å². The second kappa shape index (κ2) is 8.44. The molecule has 2 aliphatic rings. The Hall–Kier alpha value is -3.11. The molecule has 0 fully saturated rings. The number of rotatable bonds is 4. The number of halogens is 1. The van der Waals surface area contributed by atoms with Crippen LogP contribution in [0.2, 0.25) is 0 Å². The number of carbonyl (C=O) groups excluding carboxylic acids is 1. The van der Waals surface area contributed by atoms with Crippen molar-refractivity contribution in [1.82, 2.24) is 4.98 Å². The molecule has 2 heterocycles. The highest BCUT2D eigenvalue weighted by atomic mass is 79.9. The van der Waals surface area contributed by atoms with E-state index in [0.29, 0.717) is 48.0 Å². The number of nitrogens with zero attached hydrogens (tertiary/aromatic N) is 3. The molecule has 1 aromatic heterocycles. The molecular weight excluding hydrogens is 468 g/mol. The monoisotopic (exact) mass is 492 g/mol. The molecule has 1 atom stereocenters. The van der Waals surface area contributed by atoms with E-state index in [-0.39, 0.29) is 11.2 Å². The minimum atomic E-state index is -0.576. The first-order valence-electron chi connectivity index (χ1n) is 10.6. The van der Waals surface area contributed by atoms with E-state index in [1.54, 1.807) is 11.1 Å². The summed E-state index contributed by atoms with van der Waals surface area (Å²) in [6.07, 6.45) is 2.72. The predicted molar refractivity (Wildman–Crippen MR) is 127 cm³/mol. The minimum Gasteiger partial charge on any atom is -0.494 e. The van der Waals surface area contributed by atoms with E-state index in [0.717, 1.165) is 15.7 Å². The smallest absolute Gasteiger partial charge is 0.162 e. The van der Waals surface area contributed by atoms with Gasteiger partial charge >= 0.3 is 0 Å². The number of nitriles is 1. The molecule has 7 heteroatoms. The summed E-state index contributed by atoms with van der Waals surface area (Å²) in [5, 5.41) is 10.2. The van der Waals surface area contributed by atoms with Gasteiger partial charge in [-0.3, -0.25) is 9.69 Å². The van der Waals surface area contributed by atoms with Crippen molar-refractivity contribution in [2.75, 3.05) is 11.5 Å². The molecule has 0 saturated carbocycles. The fourth-order valence-corrected chi connectivity index (χ4v) is 4.82. The molecule has 0 radical (unpaired) electrons. The van der Waals surface area contributed by atoms with Crippen molar-refractivity contribution >= 4 is 27.5 Å². The van der Waals surface area contributed by atoms with E-state index in [1.807, 2.05) is 43.3 Å². The third kappa shape index (κ3) is 3.80. The van der Waals surface area contributed by atoms with Gasteiger partial charge in [0.05, 0.1) is 24.2 Å². The average molecular weight is 493 g/mol. The average Bonchev–Trinajstić information content (AvgIpc) is 2.74. The summed E-state index contributed by atoms with van der Waals surface area (Å²) in [6, 6.07) is 13.5. The van der Waals surface area contributed by atoms with E-state index in [1.165, 1.54) is 0 Å². The Kier molecular flexibility index (Phi) is 5.83. The number of pyridine rings is 1. The Bertz CT molecular complexity index is 1180. The number of para-hydroxylation sites is 1. The zero-order valence-corrected chi connectivity index (χ0v) is 19.9. The maximum Gasteiger partial charge on any atom is 0.162 e. The fraction of sp³-hybridized carbons (Fsp3) is 0.320. The summed E-state index contributed by atoms with van der Waals surface area (Å²) in [5.41, 5.74) is 8.91. The topological polar surface area (TPSA) is 92.2 Å². The quantitative estimate of drug-likeness (QED) is 0.631. The lowest BCUT2D eigenvalue weighted by atomic mass is 9.68.